The van der Waals surface area contributed by atoms with Gasteiger partial charge in [0.25, 0.3) is 0 Å². The number of rotatable bonds is 3. The maximum atomic E-state index is 13.3. The standard InChI is InChI=1S/C14H14FNO/c1-9-14(8-17-16-9)13-5-4-12(15)7-11(13)6-10-2-3-10/h4-5,7-8,10H,2-3,6H2,1H3. The van der Waals surface area contributed by atoms with Gasteiger partial charge in [-0.15, -0.1) is 0 Å². The average molecular weight is 231 g/mol. The predicted molar refractivity (Wildman–Crippen MR) is 63.1 cm³/mol. The summed E-state index contributed by atoms with van der Waals surface area (Å²) in [5.74, 6) is 0.564. The van der Waals surface area contributed by atoms with Crippen LogP contribution >= 0.6 is 0 Å². The summed E-state index contributed by atoms with van der Waals surface area (Å²) in [5, 5.41) is 3.88. The molecule has 3 heteroatoms. The van der Waals surface area contributed by atoms with Crippen LogP contribution in [0.15, 0.2) is 29.0 Å². The van der Waals surface area contributed by atoms with E-state index in [1.54, 1.807) is 12.3 Å². The maximum Gasteiger partial charge on any atom is 0.131 e. The molecule has 1 aliphatic rings. The van der Waals surface area contributed by atoms with Crippen molar-refractivity contribution in [3.05, 3.63) is 41.5 Å². The van der Waals surface area contributed by atoms with Crippen molar-refractivity contribution >= 4 is 0 Å². The minimum atomic E-state index is -0.168. The van der Waals surface area contributed by atoms with Crippen molar-refractivity contribution in [2.75, 3.05) is 0 Å². The molecule has 0 amide bonds. The van der Waals surface area contributed by atoms with E-state index >= 15 is 0 Å². The van der Waals surface area contributed by atoms with Gasteiger partial charge < -0.3 is 4.52 Å². The molecule has 0 N–H and O–H groups in total. The van der Waals surface area contributed by atoms with Gasteiger partial charge in [0.15, 0.2) is 0 Å². The lowest BCUT2D eigenvalue weighted by Crippen LogP contribution is -1.94. The number of halogens is 1. The molecule has 1 aromatic carbocycles. The van der Waals surface area contributed by atoms with Gasteiger partial charge in [0, 0.05) is 5.56 Å². The van der Waals surface area contributed by atoms with Crippen molar-refractivity contribution in [1.29, 1.82) is 0 Å². The molecule has 0 radical (unpaired) electrons. The molecular weight excluding hydrogens is 217 g/mol. The molecule has 3 rings (SSSR count). The second kappa shape index (κ2) is 3.99. The van der Waals surface area contributed by atoms with Crippen molar-refractivity contribution in [3.8, 4) is 11.1 Å². The van der Waals surface area contributed by atoms with Crippen LogP contribution in [-0.4, -0.2) is 5.16 Å². The molecular formula is C14H14FNO. The summed E-state index contributed by atoms with van der Waals surface area (Å²) in [4.78, 5) is 0. The lowest BCUT2D eigenvalue weighted by molar-refractivity contribution is 0.415. The number of aryl methyl sites for hydroxylation is 1. The second-order valence-corrected chi connectivity index (χ2v) is 4.76. The van der Waals surface area contributed by atoms with Crippen LogP contribution in [0.5, 0.6) is 0 Å². The lowest BCUT2D eigenvalue weighted by Gasteiger charge is -2.08. The second-order valence-electron chi connectivity index (χ2n) is 4.76. The summed E-state index contributed by atoms with van der Waals surface area (Å²) >= 11 is 0. The van der Waals surface area contributed by atoms with Crippen LogP contribution in [0.4, 0.5) is 4.39 Å². The van der Waals surface area contributed by atoms with Crippen LogP contribution in [-0.2, 0) is 6.42 Å². The Morgan fingerprint density at radius 2 is 2.18 bits per heavy atom. The number of nitrogens with zero attached hydrogens (tertiary/aromatic N) is 1. The maximum absolute atomic E-state index is 13.3. The van der Waals surface area contributed by atoms with Crippen LogP contribution in [0, 0.1) is 18.7 Å². The van der Waals surface area contributed by atoms with Gasteiger partial charge in [-0.3, -0.25) is 0 Å². The van der Waals surface area contributed by atoms with Crippen LogP contribution in [0.25, 0.3) is 11.1 Å². The highest BCUT2D eigenvalue weighted by atomic mass is 19.1. The van der Waals surface area contributed by atoms with E-state index in [1.165, 1.54) is 18.9 Å². The molecule has 0 atom stereocenters. The van der Waals surface area contributed by atoms with Crippen LogP contribution in [0.3, 0.4) is 0 Å². The largest absolute Gasteiger partial charge is 0.364 e. The topological polar surface area (TPSA) is 26.0 Å². The van der Waals surface area contributed by atoms with E-state index in [9.17, 15) is 4.39 Å². The fraction of sp³-hybridized carbons (Fsp3) is 0.357. The van der Waals surface area contributed by atoms with E-state index < -0.39 is 0 Å². The summed E-state index contributed by atoms with van der Waals surface area (Å²) in [5.41, 5.74) is 3.95. The van der Waals surface area contributed by atoms with E-state index in [1.807, 2.05) is 13.0 Å². The summed E-state index contributed by atoms with van der Waals surface area (Å²) in [6.07, 6.45) is 5.12. The number of benzene rings is 1. The zero-order valence-corrected chi connectivity index (χ0v) is 9.74. The Labute approximate surface area is 99.4 Å². The average Bonchev–Trinajstić information content (AvgIpc) is 3.01. The normalized spacial score (nSPS) is 15.2. The molecule has 88 valence electrons. The van der Waals surface area contributed by atoms with Gasteiger partial charge in [-0.2, -0.15) is 0 Å². The van der Waals surface area contributed by atoms with Crippen molar-refractivity contribution < 1.29 is 8.91 Å². The van der Waals surface area contributed by atoms with E-state index in [4.69, 9.17) is 4.52 Å². The monoisotopic (exact) mass is 231 g/mol. The van der Waals surface area contributed by atoms with Crippen molar-refractivity contribution in [2.45, 2.75) is 26.2 Å². The van der Waals surface area contributed by atoms with Gasteiger partial charge in [0.1, 0.15) is 12.1 Å². The van der Waals surface area contributed by atoms with Gasteiger partial charge in [0.2, 0.25) is 0 Å². The number of hydrogen-bond donors (Lipinski definition) is 0. The Balaban J connectivity index is 2.05. The molecule has 1 aromatic heterocycles. The van der Waals surface area contributed by atoms with E-state index in [-0.39, 0.29) is 5.82 Å². The molecule has 0 aliphatic heterocycles. The third-order valence-corrected chi connectivity index (χ3v) is 3.31. The van der Waals surface area contributed by atoms with E-state index in [0.717, 1.165) is 34.7 Å². The summed E-state index contributed by atoms with van der Waals surface area (Å²) in [7, 11) is 0. The molecule has 0 bridgehead atoms. The van der Waals surface area contributed by atoms with Gasteiger partial charge in [0.05, 0.1) is 5.69 Å². The molecule has 2 nitrogen and oxygen atoms in total. The Morgan fingerprint density at radius 1 is 1.35 bits per heavy atom. The molecule has 1 heterocycles. The smallest absolute Gasteiger partial charge is 0.131 e. The quantitative estimate of drug-likeness (QED) is 0.804. The fourth-order valence-electron chi connectivity index (χ4n) is 2.18. The highest BCUT2D eigenvalue weighted by Gasteiger charge is 2.23. The van der Waals surface area contributed by atoms with E-state index in [0.29, 0.717) is 0 Å². The van der Waals surface area contributed by atoms with Gasteiger partial charge in [-0.25, -0.2) is 4.39 Å². The SMILES string of the molecule is Cc1nocc1-c1ccc(F)cc1CC1CC1. The predicted octanol–water partition coefficient (Wildman–Crippen LogP) is 3.74. The molecule has 1 aliphatic carbocycles. The van der Waals surface area contributed by atoms with Gasteiger partial charge in [-0.05, 0) is 55.4 Å². The third-order valence-electron chi connectivity index (χ3n) is 3.31. The molecule has 0 unspecified atom stereocenters. The molecule has 0 saturated heterocycles. The van der Waals surface area contributed by atoms with Crippen molar-refractivity contribution in [2.24, 2.45) is 5.92 Å². The first-order valence-electron chi connectivity index (χ1n) is 5.94. The molecule has 17 heavy (non-hydrogen) atoms. The van der Waals surface area contributed by atoms with Crippen LogP contribution in [0.1, 0.15) is 24.1 Å². The van der Waals surface area contributed by atoms with Crippen molar-refractivity contribution in [1.82, 2.24) is 5.16 Å². The summed E-state index contributed by atoms with van der Waals surface area (Å²) < 4.78 is 18.3. The summed E-state index contributed by atoms with van der Waals surface area (Å²) in [6, 6.07) is 4.96. The molecule has 1 fully saturated rings. The lowest BCUT2D eigenvalue weighted by atomic mass is 9.96. The van der Waals surface area contributed by atoms with Crippen LogP contribution < -0.4 is 0 Å². The summed E-state index contributed by atoms with van der Waals surface area (Å²) in [6.45, 7) is 1.91. The molecule has 1 saturated carbocycles. The number of aromatic nitrogens is 1. The van der Waals surface area contributed by atoms with Crippen LogP contribution in [0.2, 0.25) is 0 Å². The number of hydrogen-bond acceptors (Lipinski definition) is 2. The zero-order valence-electron chi connectivity index (χ0n) is 9.74. The van der Waals surface area contributed by atoms with E-state index in [2.05, 4.69) is 5.16 Å². The van der Waals surface area contributed by atoms with Crippen molar-refractivity contribution in [3.63, 3.8) is 0 Å². The Hall–Kier alpha value is -1.64. The highest BCUT2D eigenvalue weighted by molar-refractivity contribution is 5.68. The third kappa shape index (κ3) is 2.09. The Bertz CT molecular complexity index is 543. The highest BCUT2D eigenvalue weighted by Crippen LogP contribution is 2.36. The minimum absolute atomic E-state index is 0.168. The van der Waals surface area contributed by atoms with Gasteiger partial charge in [-0.1, -0.05) is 11.2 Å². The minimum Gasteiger partial charge on any atom is -0.364 e. The Morgan fingerprint density at radius 3 is 2.82 bits per heavy atom. The Kier molecular flexibility index (Phi) is 2.46. The first kappa shape index (κ1) is 10.5. The first-order chi connectivity index (χ1) is 8.24. The molecule has 0 spiro atoms. The first-order valence-corrected chi connectivity index (χ1v) is 5.94. The molecule has 2 aromatic rings. The fourth-order valence-corrected chi connectivity index (χ4v) is 2.18. The van der Waals surface area contributed by atoms with Gasteiger partial charge >= 0.3 is 0 Å². The zero-order chi connectivity index (χ0) is 11.8.